The summed E-state index contributed by atoms with van der Waals surface area (Å²) < 4.78 is 0. The predicted molar refractivity (Wildman–Crippen MR) is 73.9 cm³/mol. The smallest absolute Gasteiger partial charge is 0.251 e. The summed E-state index contributed by atoms with van der Waals surface area (Å²) in [6.45, 7) is 1.75. The molecule has 1 aromatic carbocycles. The second-order valence-corrected chi connectivity index (χ2v) is 4.14. The lowest BCUT2D eigenvalue weighted by Crippen LogP contribution is -2.23. The maximum Gasteiger partial charge on any atom is 0.251 e. The van der Waals surface area contributed by atoms with Crippen molar-refractivity contribution in [1.29, 1.82) is 0 Å². The van der Waals surface area contributed by atoms with Crippen LogP contribution in [0.4, 0.5) is 5.69 Å². The van der Waals surface area contributed by atoms with E-state index in [0.717, 1.165) is 0 Å². The average molecular weight is 270 g/mol. The molecule has 6 nitrogen and oxygen atoms in total. The van der Waals surface area contributed by atoms with Crippen LogP contribution >= 0.6 is 0 Å². The Kier molecular flexibility index (Phi) is 4.39. The minimum Gasteiger partial charge on any atom is -0.346 e. The molecule has 0 bridgehead atoms. The Hall–Kier alpha value is -2.76. The van der Waals surface area contributed by atoms with Gasteiger partial charge in [0.05, 0.1) is 18.4 Å². The molecule has 20 heavy (non-hydrogen) atoms. The van der Waals surface area contributed by atoms with E-state index in [1.807, 2.05) is 0 Å². The molecule has 0 saturated carbocycles. The van der Waals surface area contributed by atoms with Crippen molar-refractivity contribution in [2.75, 3.05) is 5.32 Å². The Morgan fingerprint density at radius 1 is 1.15 bits per heavy atom. The first-order chi connectivity index (χ1) is 9.65. The molecular weight excluding hydrogens is 256 g/mol. The number of nitrogens with one attached hydrogen (secondary N) is 2. The van der Waals surface area contributed by atoms with Gasteiger partial charge >= 0.3 is 0 Å². The molecule has 0 unspecified atom stereocenters. The van der Waals surface area contributed by atoms with Gasteiger partial charge in [-0.05, 0) is 24.3 Å². The number of hydrogen-bond donors (Lipinski definition) is 2. The quantitative estimate of drug-likeness (QED) is 0.878. The van der Waals surface area contributed by atoms with E-state index < -0.39 is 0 Å². The molecule has 2 N–H and O–H groups in total. The fraction of sp³-hybridized carbons (Fsp3) is 0.143. The summed E-state index contributed by atoms with van der Waals surface area (Å²) in [5, 5.41) is 5.39. The van der Waals surface area contributed by atoms with Gasteiger partial charge in [-0.1, -0.05) is 0 Å². The fourth-order valence-corrected chi connectivity index (χ4v) is 1.60. The van der Waals surface area contributed by atoms with Gasteiger partial charge in [-0.2, -0.15) is 0 Å². The summed E-state index contributed by atoms with van der Waals surface area (Å²) in [5.41, 5.74) is 1.86. The number of anilines is 1. The van der Waals surface area contributed by atoms with E-state index in [2.05, 4.69) is 20.6 Å². The summed E-state index contributed by atoms with van der Waals surface area (Å²) in [6, 6.07) is 6.66. The number of carbonyl (C=O) groups excluding carboxylic acids is 2. The van der Waals surface area contributed by atoms with E-state index in [1.165, 1.54) is 6.92 Å². The van der Waals surface area contributed by atoms with Crippen LogP contribution in [0.1, 0.15) is 23.0 Å². The van der Waals surface area contributed by atoms with E-state index in [1.54, 1.807) is 42.9 Å². The van der Waals surface area contributed by atoms with Crippen LogP contribution in [0.25, 0.3) is 0 Å². The van der Waals surface area contributed by atoms with Crippen LogP contribution in [0.3, 0.4) is 0 Å². The van der Waals surface area contributed by atoms with E-state index >= 15 is 0 Å². The number of benzene rings is 1. The van der Waals surface area contributed by atoms with Crippen LogP contribution in [0, 0.1) is 0 Å². The van der Waals surface area contributed by atoms with Crippen molar-refractivity contribution in [3.63, 3.8) is 0 Å². The molecule has 1 aromatic heterocycles. The summed E-state index contributed by atoms with van der Waals surface area (Å²) in [5.74, 6) is -0.352. The van der Waals surface area contributed by atoms with Gasteiger partial charge in [-0.15, -0.1) is 0 Å². The molecule has 0 aliphatic heterocycles. The van der Waals surface area contributed by atoms with Gasteiger partial charge in [0.15, 0.2) is 0 Å². The highest BCUT2D eigenvalue weighted by Gasteiger charge is 2.05. The predicted octanol–water partition coefficient (Wildman–Crippen LogP) is 1.36. The molecule has 0 spiro atoms. The van der Waals surface area contributed by atoms with Gasteiger partial charge < -0.3 is 10.6 Å². The number of rotatable bonds is 4. The lowest BCUT2D eigenvalue weighted by Gasteiger charge is -2.06. The van der Waals surface area contributed by atoms with Gasteiger partial charge in [0.1, 0.15) is 0 Å². The molecule has 1 heterocycles. The third-order valence-electron chi connectivity index (χ3n) is 2.51. The van der Waals surface area contributed by atoms with Crippen LogP contribution in [-0.2, 0) is 11.3 Å². The molecule has 2 amide bonds. The van der Waals surface area contributed by atoms with Crippen LogP contribution in [0.15, 0.2) is 42.9 Å². The number of hydrogen-bond acceptors (Lipinski definition) is 4. The Labute approximate surface area is 116 Å². The Bertz CT molecular complexity index is 596. The first-order valence-electron chi connectivity index (χ1n) is 6.06. The van der Waals surface area contributed by atoms with Gasteiger partial charge in [-0.25, -0.2) is 0 Å². The van der Waals surface area contributed by atoms with Crippen LogP contribution in [-0.4, -0.2) is 21.8 Å². The first kappa shape index (κ1) is 13.7. The Morgan fingerprint density at radius 2 is 1.90 bits per heavy atom. The third kappa shape index (κ3) is 3.88. The molecule has 102 valence electrons. The van der Waals surface area contributed by atoms with Crippen molar-refractivity contribution >= 4 is 17.5 Å². The molecule has 0 aliphatic rings. The van der Waals surface area contributed by atoms with E-state index in [4.69, 9.17) is 0 Å². The zero-order valence-corrected chi connectivity index (χ0v) is 11.0. The molecule has 0 fully saturated rings. The average Bonchev–Trinajstić information content (AvgIpc) is 2.46. The Morgan fingerprint density at radius 3 is 2.50 bits per heavy atom. The third-order valence-corrected chi connectivity index (χ3v) is 2.51. The Balaban J connectivity index is 1.94. The van der Waals surface area contributed by atoms with Crippen LogP contribution < -0.4 is 10.6 Å². The van der Waals surface area contributed by atoms with Crippen molar-refractivity contribution in [2.24, 2.45) is 0 Å². The minimum absolute atomic E-state index is 0.148. The number of nitrogens with zero attached hydrogens (tertiary/aromatic N) is 2. The summed E-state index contributed by atoms with van der Waals surface area (Å²) in [6.07, 6.45) is 4.75. The minimum atomic E-state index is -0.204. The van der Waals surface area contributed by atoms with Crippen molar-refractivity contribution in [3.8, 4) is 0 Å². The molecule has 0 aliphatic carbocycles. The zero-order valence-electron chi connectivity index (χ0n) is 11.0. The van der Waals surface area contributed by atoms with Gasteiger partial charge in [0, 0.05) is 30.6 Å². The summed E-state index contributed by atoms with van der Waals surface area (Å²) >= 11 is 0. The topological polar surface area (TPSA) is 84.0 Å². The molecular formula is C14H14N4O2. The van der Waals surface area contributed by atoms with Crippen molar-refractivity contribution < 1.29 is 9.59 Å². The largest absolute Gasteiger partial charge is 0.346 e. The number of aromatic nitrogens is 2. The van der Waals surface area contributed by atoms with Crippen LogP contribution in [0.2, 0.25) is 0 Å². The lowest BCUT2D eigenvalue weighted by atomic mass is 10.2. The highest BCUT2D eigenvalue weighted by Crippen LogP contribution is 2.09. The summed E-state index contributed by atoms with van der Waals surface area (Å²) in [7, 11) is 0. The molecule has 2 aromatic rings. The van der Waals surface area contributed by atoms with Crippen LogP contribution in [0.5, 0.6) is 0 Å². The first-order valence-corrected chi connectivity index (χ1v) is 6.06. The number of amides is 2. The maximum absolute atomic E-state index is 11.9. The SMILES string of the molecule is CC(=O)Nc1ccc(C(=O)NCc2cnccn2)cc1. The van der Waals surface area contributed by atoms with Crippen molar-refractivity contribution in [2.45, 2.75) is 13.5 Å². The molecule has 0 radical (unpaired) electrons. The fourth-order valence-electron chi connectivity index (χ4n) is 1.60. The number of carbonyl (C=O) groups is 2. The van der Waals surface area contributed by atoms with Gasteiger partial charge in [0.2, 0.25) is 5.91 Å². The molecule has 2 rings (SSSR count). The highest BCUT2D eigenvalue weighted by atomic mass is 16.2. The molecule has 6 heteroatoms. The van der Waals surface area contributed by atoms with Gasteiger partial charge in [0.25, 0.3) is 5.91 Å². The highest BCUT2D eigenvalue weighted by molar-refractivity contribution is 5.95. The zero-order chi connectivity index (χ0) is 14.4. The van der Waals surface area contributed by atoms with E-state index in [0.29, 0.717) is 23.5 Å². The molecule has 0 atom stereocenters. The summed E-state index contributed by atoms with van der Waals surface area (Å²) in [4.78, 5) is 30.8. The van der Waals surface area contributed by atoms with Crippen molar-refractivity contribution in [1.82, 2.24) is 15.3 Å². The standard InChI is InChI=1S/C14H14N4O2/c1-10(19)18-12-4-2-11(3-5-12)14(20)17-9-13-8-15-6-7-16-13/h2-8H,9H2,1H3,(H,17,20)(H,18,19). The van der Waals surface area contributed by atoms with E-state index in [-0.39, 0.29) is 11.8 Å². The second kappa shape index (κ2) is 6.42. The maximum atomic E-state index is 11.9. The van der Waals surface area contributed by atoms with Gasteiger partial charge in [-0.3, -0.25) is 19.6 Å². The lowest BCUT2D eigenvalue weighted by molar-refractivity contribution is -0.114. The monoisotopic (exact) mass is 270 g/mol. The molecule has 0 saturated heterocycles. The van der Waals surface area contributed by atoms with E-state index in [9.17, 15) is 9.59 Å². The van der Waals surface area contributed by atoms with Crippen molar-refractivity contribution in [3.05, 3.63) is 54.1 Å². The second-order valence-electron chi connectivity index (χ2n) is 4.14. The normalized spacial score (nSPS) is 9.85.